The van der Waals surface area contributed by atoms with E-state index in [1.165, 1.54) is 0 Å². The number of amides is 2. The molecule has 8 heteroatoms. The monoisotopic (exact) mass is 327 g/mol. The molecule has 2 amide bonds. The number of aromatic nitrogens is 3. The van der Waals surface area contributed by atoms with Crippen LogP contribution in [0.5, 0.6) is 0 Å². The molecule has 1 fully saturated rings. The van der Waals surface area contributed by atoms with E-state index in [0.29, 0.717) is 19.0 Å². The highest BCUT2D eigenvalue weighted by molar-refractivity contribution is 5.94. The Balaban J connectivity index is 1.60. The molecule has 1 aromatic carbocycles. The summed E-state index contributed by atoms with van der Waals surface area (Å²) in [5.74, 6) is 0.134. The summed E-state index contributed by atoms with van der Waals surface area (Å²) in [6.07, 6.45) is 1.39. The van der Waals surface area contributed by atoms with Crippen LogP contribution in [0, 0.1) is 0 Å². The number of rotatable bonds is 3. The fourth-order valence-electron chi connectivity index (χ4n) is 3.03. The van der Waals surface area contributed by atoms with Crippen LogP contribution in [0.3, 0.4) is 0 Å². The van der Waals surface area contributed by atoms with E-state index in [4.69, 9.17) is 4.74 Å². The molecule has 124 valence electrons. The molecule has 0 saturated carbocycles. The quantitative estimate of drug-likeness (QED) is 0.886. The van der Waals surface area contributed by atoms with Gasteiger partial charge in [0.05, 0.1) is 12.5 Å². The Morgan fingerprint density at radius 3 is 2.92 bits per heavy atom. The van der Waals surface area contributed by atoms with E-state index >= 15 is 0 Å². The van der Waals surface area contributed by atoms with Crippen LogP contribution in [0.2, 0.25) is 0 Å². The molecule has 1 aromatic heterocycles. The Labute approximate surface area is 138 Å². The lowest BCUT2D eigenvalue weighted by Gasteiger charge is -2.23. The van der Waals surface area contributed by atoms with Crippen molar-refractivity contribution in [3.8, 4) is 0 Å². The van der Waals surface area contributed by atoms with Crippen LogP contribution in [0.15, 0.2) is 30.3 Å². The van der Waals surface area contributed by atoms with Crippen molar-refractivity contribution < 1.29 is 14.3 Å². The summed E-state index contributed by atoms with van der Waals surface area (Å²) in [5.41, 5.74) is 0.968. The molecule has 3 heterocycles. The zero-order chi connectivity index (χ0) is 16.5. The zero-order valence-electron chi connectivity index (χ0n) is 12.9. The molecular weight excluding hydrogens is 310 g/mol. The number of nitrogens with zero attached hydrogens (tertiary/aromatic N) is 3. The number of hydrogen-bond donors (Lipinski definition) is 2. The summed E-state index contributed by atoms with van der Waals surface area (Å²) in [6, 6.07) is 9.40. The summed E-state index contributed by atoms with van der Waals surface area (Å²) in [7, 11) is 0. The third kappa shape index (κ3) is 2.76. The number of fused-ring (bicyclic) bond motifs is 1. The Morgan fingerprint density at radius 1 is 1.33 bits per heavy atom. The first-order valence-corrected chi connectivity index (χ1v) is 7.94. The van der Waals surface area contributed by atoms with Gasteiger partial charge in [0.2, 0.25) is 11.9 Å². The van der Waals surface area contributed by atoms with Gasteiger partial charge in [0.25, 0.3) is 11.9 Å². The van der Waals surface area contributed by atoms with E-state index in [2.05, 4.69) is 20.7 Å². The van der Waals surface area contributed by atoms with Crippen LogP contribution >= 0.6 is 0 Å². The third-order valence-corrected chi connectivity index (χ3v) is 4.20. The van der Waals surface area contributed by atoms with Gasteiger partial charge in [0.1, 0.15) is 6.10 Å². The first kappa shape index (κ1) is 14.8. The van der Waals surface area contributed by atoms with Gasteiger partial charge in [-0.3, -0.25) is 20.2 Å². The van der Waals surface area contributed by atoms with Crippen LogP contribution in [0.1, 0.15) is 30.9 Å². The van der Waals surface area contributed by atoms with E-state index in [1.54, 1.807) is 4.68 Å². The zero-order valence-corrected chi connectivity index (χ0v) is 12.9. The molecule has 2 aliphatic rings. The Bertz CT molecular complexity index is 767. The predicted octanol–water partition coefficient (Wildman–Crippen LogP) is 1.33. The van der Waals surface area contributed by atoms with E-state index in [0.717, 1.165) is 12.0 Å². The molecule has 0 aliphatic carbocycles. The second-order valence-electron chi connectivity index (χ2n) is 5.87. The first-order chi connectivity index (χ1) is 11.7. The Kier molecular flexibility index (Phi) is 3.73. The summed E-state index contributed by atoms with van der Waals surface area (Å²) in [6.45, 7) is 0.595. The highest BCUT2D eigenvalue weighted by atomic mass is 16.5. The molecule has 2 aliphatic heterocycles. The first-order valence-electron chi connectivity index (χ1n) is 7.94. The minimum atomic E-state index is -0.454. The van der Waals surface area contributed by atoms with Gasteiger partial charge in [0.15, 0.2) is 0 Å². The van der Waals surface area contributed by atoms with Gasteiger partial charge in [-0.2, -0.15) is 4.98 Å². The molecule has 0 bridgehead atoms. The molecule has 0 radical (unpaired) electrons. The number of benzene rings is 1. The topological polar surface area (TPSA) is 98.1 Å². The lowest BCUT2D eigenvalue weighted by Crippen LogP contribution is -2.29. The molecular formula is C16H17N5O3. The fourth-order valence-corrected chi connectivity index (χ4v) is 3.03. The SMILES string of the molecule is O=C1C[C@@H](c2ccccc2)n2nc(NC(=O)[C@@H]3CCCO3)nc2N1. The summed E-state index contributed by atoms with van der Waals surface area (Å²) in [5, 5.41) is 9.72. The van der Waals surface area contributed by atoms with Gasteiger partial charge in [-0.05, 0) is 18.4 Å². The Morgan fingerprint density at radius 2 is 2.17 bits per heavy atom. The van der Waals surface area contributed by atoms with Crippen LogP contribution in [-0.4, -0.2) is 39.3 Å². The number of carbonyl (C=O) groups is 2. The highest BCUT2D eigenvalue weighted by Gasteiger charge is 2.30. The van der Waals surface area contributed by atoms with Crippen molar-refractivity contribution in [1.29, 1.82) is 0 Å². The van der Waals surface area contributed by atoms with Crippen LogP contribution < -0.4 is 10.6 Å². The van der Waals surface area contributed by atoms with Crippen molar-refractivity contribution >= 4 is 23.7 Å². The van der Waals surface area contributed by atoms with Gasteiger partial charge < -0.3 is 4.74 Å². The molecule has 24 heavy (non-hydrogen) atoms. The van der Waals surface area contributed by atoms with Gasteiger partial charge in [-0.25, -0.2) is 4.68 Å². The maximum Gasteiger partial charge on any atom is 0.255 e. The van der Waals surface area contributed by atoms with Crippen molar-refractivity contribution in [2.24, 2.45) is 0 Å². The maximum atomic E-state index is 12.1. The molecule has 0 unspecified atom stereocenters. The molecule has 2 atom stereocenters. The predicted molar refractivity (Wildman–Crippen MR) is 85.5 cm³/mol. The summed E-state index contributed by atoms with van der Waals surface area (Å²) in [4.78, 5) is 28.3. The fraction of sp³-hybridized carbons (Fsp3) is 0.375. The molecule has 4 rings (SSSR count). The minimum absolute atomic E-state index is 0.124. The van der Waals surface area contributed by atoms with Crippen molar-refractivity contribution in [2.45, 2.75) is 31.4 Å². The van der Waals surface area contributed by atoms with Crippen LogP contribution in [-0.2, 0) is 14.3 Å². The number of nitrogens with one attached hydrogen (secondary N) is 2. The smallest absolute Gasteiger partial charge is 0.255 e. The van der Waals surface area contributed by atoms with E-state index < -0.39 is 6.10 Å². The van der Waals surface area contributed by atoms with E-state index in [1.807, 2.05) is 30.3 Å². The van der Waals surface area contributed by atoms with Crippen molar-refractivity contribution in [2.75, 3.05) is 17.2 Å². The van der Waals surface area contributed by atoms with Gasteiger partial charge >= 0.3 is 0 Å². The lowest BCUT2D eigenvalue weighted by atomic mass is 10.0. The third-order valence-electron chi connectivity index (χ3n) is 4.20. The molecule has 2 N–H and O–H groups in total. The molecule has 2 aromatic rings. The normalized spacial score (nSPS) is 22.8. The van der Waals surface area contributed by atoms with Crippen molar-refractivity contribution in [1.82, 2.24) is 14.8 Å². The van der Waals surface area contributed by atoms with Gasteiger partial charge in [-0.1, -0.05) is 30.3 Å². The lowest BCUT2D eigenvalue weighted by molar-refractivity contribution is -0.124. The van der Waals surface area contributed by atoms with Gasteiger partial charge in [-0.15, -0.1) is 5.10 Å². The van der Waals surface area contributed by atoms with Crippen molar-refractivity contribution in [3.63, 3.8) is 0 Å². The van der Waals surface area contributed by atoms with Crippen LogP contribution in [0.25, 0.3) is 0 Å². The maximum absolute atomic E-state index is 12.1. The number of anilines is 2. The average molecular weight is 327 g/mol. The Hall–Kier alpha value is -2.74. The van der Waals surface area contributed by atoms with Crippen molar-refractivity contribution in [3.05, 3.63) is 35.9 Å². The summed E-state index contributed by atoms with van der Waals surface area (Å²) < 4.78 is 6.99. The average Bonchev–Trinajstić information content (AvgIpc) is 3.24. The largest absolute Gasteiger partial charge is 0.368 e. The minimum Gasteiger partial charge on any atom is -0.368 e. The summed E-state index contributed by atoms with van der Waals surface area (Å²) >= 11 is 0. The second kappa shape index (κ2) is 6.04. The molecule has 1 saturated heterocycles. The molecule has 8 nitrogen and oxygen atoms in total. The number of ether oxygens (including phenoxy) is 1. The highest BCUT2D eigenvalue weighted by Crippen LogP contribution is 2.29. The standard InChI is InChI=1S/C16H17N5O3/c22-13-9-11(10-5-2-1-3-6-10)21-16(17-13)19-15(20-21)18-14(23)12-7-4-8-24-12/h1-3,5-6,11-12H,4,7-9H2,(H2,17,18,19,20,22,23)/t11-,12-/m0/s1. The van der Waals surface area contributed by atoms with Gasteiger partial charge in [0, 0.05) is 6.61 Å². The number of carbonyl (C=O) groups excluding carboxylic acids is 2. The van der Waals surface area contributed by atoms with E-state index in [-0.39, 0.29) is 30.2 Å². The number of hydrogen-bond acceptors (Lipinski definition) is 5. The molecule has 0 spiro atoms. The second-order valence-corrected chi connectivity index (χ2v) is 5.87. The van der Waals surface area contributed by atoms with E-state index in [9.17, 15) is 9.59 Å². The van der Waals surface area contributed by atoms with Crippen LogP contribution in [0.4, 0.5) is 11.9 Å².